The number of esters is 1. The molecule has 1 unspecified atom stereocenters. The molecule has 0 saturated carbocycles. The summed E-state index contributed by atoms with van der Waals surface area (Å²) in [7, 11) is 0. The Morgan fingerprint density at radius 2 is 2.11 bits per heavy atom. The van der Waals surface area contributed by atoms with Gasteiger partial charge in [-0.05, 0) is 31.9 Å². The van der Waals surface area contributed by atoms with Gasteiger partial charge in [-0.2, -0.15) is 0 Å². The molecule has 0 bridgehead atoms. The first-order chi connectivity index (χ1) is 8.97. The van der Waals surface area contributed by atoms with Crippen LogP contribution in [0.3, 0.4) is 0 Å². The fourth-order valence-electron chi connectivity index (χ4n) is 1.63. The van der Waals surface area contributed by atoms with E-state index in [2.05, 4.69) is 5.32 Å². The van der Waals surface area contributed by atoms with Gasteiger partial charge in [-0.1, -0.05) is 19.1 Å². The summed E-state index contributed by atoms with van der Waals surface area (Å²) >= 11 is 0. The summed E-state index contributed by atoms with van der Waals surface area (Å²) in [6, 6.07) is 5.17. The molecule has 0 aliphatic heterocycles. The van der Waals surface area contributed by atoms with Gasteiger partial charge in [0.05, 0.1) is 5.56 Å². The van der Waals surface area contributed by atoms with Gasteiger partial charge in [-0.25, -0.2) is 4.79 Å². The minimum absolute atomic E-state index is 0.303. The third kappa shape index (κ3) is 3.98. The fraction of sp³-hybridized carbons (Fsp3) is 0.429. The van der Waals surface area contributed by atoms with Crippen molar-refractivity contribution in [1.29, 1.82) is 0 Å². The molecule has 104 valence electrons. The van der Waals surface area contributed by atoms with Crippen LogP contribution >= 0.6 is 0 Å². The Balaban J connectivity index is 2.72. The van der Waals surface area contributed by atoms with E-state index in [0.29, 0.717) is 17.8 Å². The average Bonchev–Trinajstić information content (AvgIpc) is 2.35. The maximum absolute atomic E-state index is 12.0. The van der Waals surface area contributed by atoms with Gasteiger partial charge in [0.15, 0.2) is 6.10 Å². The molecule has 0 aliphatic carbocycles. The summed E-state index contributed by atoms with van der Waals surface area (Å²) in [4.78, 5) is 23.6. The van der Waals surface area contributed by atoms with E-state index in [1.54, 1.807) is 25.1 Å². The van der Waals surface area contributed by atoms with Crippen molar-refractivity contribution < 1.29 is 14.3 Å². The third-order valence-corrected chi connectivity index (χ3v) is 2.71. The lowest BCUT2D eigenvalue weighted by Gasteiger charge is -2.15. The van der Waals surface area contributed by atoms with E-state index in [4.69, 9.17) is 10.5 Å². The van der Waals surface area contributed by atoms with Crippen molar-refractivity contribution in [2.75, 3.05) is 12.3 Å². The molecule has 0 radical (unpaired) electrons. The molecular formula is C14H20N2O3. The van der Waals surface area contributed by atoms with Gasteiger partial charge in [0.1, 0.15) is 0 Å². The van der Waals surface area contributed by atoms with Crippen LogP contribution < -0.4 is 11.1 Å². The van der Waals surface area contributed by atoms with Crippen molar-refractivity contribution >= 4 is 17.6 Å². The zero-order valence-corrected chi connectivity index (χ0v) is 11.5. The number of ether oxygens (including phenoxy) is 1. The van der Waals surface area contributed by atoms with Gasteiger partial charge < -0.3 is 15.8 Å². The van der Waals surface area contributed by atoms with E-state index >= 15 is 0 Å². The van der Waals surface area contributed by atoms with E-state index in [9.17, 15) is 9.59 Å². The summed E-state index contributed by atoms with van der Waals surface area (Å²) in [6.45, 7) is 5.82. The maximum atomic E-state index is 12.0. The number of carbonyl (C=O) groups excluding carboxylic acids is 2. The minimum Gasteiger partial charge on any atom is -0.449 e. The predicted octanol–water partition coefficient (Wildman–Crippen LogP) is 1.65. The monoisotopic (exact) mass is 264 g/mol. The van der Waals surface area contributed by atoms with E-state index in [1.165, 1.54) is 6.92 Å². The van der Waals surface area contributed by atoms with Gasteiger partial charge in [0, 0.05) is 12.2 Å². The Kier molecular flexibility index (Phi) is 5.36. The minimum atomic E-state index is -0.835. The molecule has 0 spiro atoms. The molecular weight excluding hydrogens is 244 g/mol. The fourth-order valence-corrected chi connectivity index (χ4v) is 1.63. The highest BCUT2D eigenvalue weighted by Crippen LogP contribution is 2.18. The molecule has 0 fully saturated rings. The summed E-state index contributed by atoms with van der Waals surface area (Å²) in [6.07, 6.45) is -0.00463. The summed E-state index contributed by atoms with van der Waals surface area (Å²) in [5.74, 6) is -0.878. The highest BCUT2D eigenvalue weighted by molar-refractivity contribution is 5.98. The molecule has 1 aromatic rings. The second kappa shape index (κ2) is 6.78. The number of aryl methyl sites for hydroxylation is 1. The number of nitrogen functional groups attached to an aromatic ring is 1. The highest BCUT2D eigenvalue weighted by atomic mass is 16.5. The standard InChI is InChI=1S/C14H20N2O3/c1-4-8-16-13(17)10(3)19-14(18)12-9(2)6-5-7-11(12)15/h5-7,10H,4,8,15H2,1-3H3,(H,16,17). The SMILES string of the molecule is CCCNC(=O)C(C)OC(=O)c1c(C)cccc1N. The number of hydrogen-bond acceptors (Lipinski definition) is 4. The van der Waals surface area contributed by atoms with Gasteiger partial charge in [0.2, 0.25) is 0 Å². The molecule has 0 heterocycles. The first kappa shape index (κ1) is 15.0. The Morgan fingerprint density at radius 1 is 1.42 bits per heavy atom. The molecule has 5 heteroatoms. The molecule has 0 aromatic heterocycles. The number of hydrogen-bond donors (Lipinski definition) is 2. The van der Waals surface area contributed by atoms with Gasteiger partial charge in [-0.3, -0.25) is 4.79 Å². The average molecular weight is 264 g/mol. The van der Waals surface area contributed by atoms with Crippen LogP contribution in [0.15, 0.2) is 18.2 Å². The molecule has 1 aromatic carbocycles. The molecule has 1 atom stereocenters. The van der Waals surface area contributed by atoms with Crippen molar-refractivity contribution in [2.45, 2.75) is 33.3 Å². The second-order valence-electron chi connectivity index (χ2n) is 4.38. The van der Waals surface area contributed by atoms with Crippen LogP contribution in [0.1, 0.15) is 36.2 Å². The number of carbonyl (C=O) groups is 2. The van der Waals surface area contributed by atoms with Crippen LogP contribution in [0.25, 0.3) is 0 Å². The highest BCUT2D eigenvalue weighted by Gasteiger charge is 2.21. The van der Waals surface area contributed by atoms with E-state index in [-0.39, 0.29) is 5.91 Å². The summed E-state index contributed by atoms with van der Waals surface area (Å²) < 4.78 is 5.13. The molecule has 1 amide bonds. The normalized spacial score (nSPS) is 11.7. The number of amides is 1. The van der Waals surface area contributed by atoms with Crippen molar-refractivity contribution in [3.8, 4) is 0 Å². The molecule has 0 aliphatic rings. The smallest absolute Gasteiger partial charge is 0.341 e. The van der Waals surface area contributed by atoms with Crippen molar-refractivity contribution in [3.05, 3.63) is 29.3 Å². The maximum Gasteiger partial charge on any atom is 0.341 e. The largest absolute Gasteiger partial charge is 0.449 e. The molecule has 3 N–H and O–H groups in total. The summed E-state index contributed by atoms with van der Waals surface area (Å²) in [5.41, 5.74) is 7.15. The lowest BCUT2D eigenvalue weighted by atomic mass is 10.1. The Labute approximate surface area is 113 Å². The van der Waals surface area contributed by atoms with Crippen LogP contribution in [0.4, 0.5) is 5.69 Å². The number of benzene rings is 1. The Morgan fingerprint density at radius 3 is 2.68 bits per heavy atom. The summed E-state index contributed by atoms with van der Waals surface area (Å²) in [5, 5.41) is 2.67. The van der Waals surface area contributed by atoms with Crippen LogP contribution in [0.5, 0.6) is 0 Å². The molecule has 19 heavy (non-hydrogen) atoms. The van der Waals surface area contributed by atoms with Crippen molar-refractivity contribution in [2.24, 2.45) is 0 Å². The first-order valence-corrected chi connectivity index (χ1v) is 6.31. The Hall–Kier alpha value is -2.04. The third-order valence-electron chi connectivity index (χ3n) is 2.71. The Bertz CT molecular complexity index is 452. The quantitative estimate of drug-likeness (QED) is 0.626. The molecule has 5 nitrogen and oxygen atoms in total. The number of anilines is 1. The number of nitrogens with two attached hydrogens (primary N) is 1. The zero-order chi connectivity index (χ0) is 14.4. The van der Waals surface area contributed by atoms with Crippen LogP contribution in [-0.2, 0) is 9.53 Å². The lowest BCUT2D eigenvalue weighted by molar-refractivity contribution is -0.129. The number of nitrogens with one attached hydrogen (secondary N) is 1. The van der Waals surface area contributed by atoms with E-state index in [0.717, 1.165) is 12.0 Å². The predicted molar refractivity (Wildman–Crippen MR) is 73.8 cm³/mol. The lowest BCUT2D eigenvalue weighted by Crippen LogP contribution is -2.36. The number of rotatable bonds is 5. The van der Waals surface area contributed by atoms with Crippen molar-refractivity contribution in [3.63, 3.8) is 0 Å². The molecule has 1 rings (SSSR count). The van der Waals surface area contributed by atoms with Gasteiger partial charge >= 0.3 is 5.97 Å². The van der Waals surface area contributed by atoms with E-state index in [1.807, 2.05) is 6.92 Å². The topological polar surface area (TPSA) is 81.4 Å². The molecule has 0 saturated heterocycles. The van der Waals surface area contributed by atoms with Gasteiger partial charge in [-0.15, -0.1) is 0 Å². The van der Waals surface area contributed by atoms with Crippen LogP contribution in [0.2, 0.25) is 0 Å². The first-order valence-electron chi connectivity index (χ1n) is 6.31. The van der Waals surface area contributed by atoms with E-state index < -0.39 is 12.1 Å². The van der Waals surface area contributed by atoms with Crippen molar-refractivity contribution in [1.82, 2.24) is 5.32 Å². The zero-order valence-electron chi connectivity index (χ0n) is 11.5. The van der Waals surface area contributed by atoms with Crippen LogP contribution in [-0.4, -0.2) is 24.5 Å². The van der Waals surface area contributed by atoms with Gasteiger partial charge in [0.25, 0.3) is 5.91 Å². The second-order valence-corrected chi connectivity index (χ2v) is 4.38. The van der Waals surface area contributed by atoms with Crippen LogP contribution in [0, 0.1) is 6.92 Å².